The average molecular weight is 369 g/mol. The number of carbonyl (C=O) groups excluding carboxylic acids is 1. The number of para-hydroxylation sites is 2. The molecular weight excluding hydrogens is 351 g/mol. The summed E-state index contributed by atoms with van der Waals surface area (Å²) in [4.78, 5) is 11.7. The van der Waals surface area contributed by atoms with Gasteiger partial charge < -0.3 is 15.4 Å². The van der Waals surface area contributed by atoms with E-state index in [0.29, 0.717) is 6.42 Å². The summed E-state index contributed by atoms with van der Waals surface area (Å²) in [5.74, 6) is -0.531. The predicted octanol–water partition coefficient (Wildman–Crippen LogP) is 1.99. The van der Waals surface area contributed by atoms with Gasteiger partial charge in [-0.05, 0) is 18.6 Å². The Kier molecular flexibility index (Phi) is 6.84. The van der Waals surface area contributed by atoms with E-state index in [9.17, 15) is 26.4 Å². The molecule has 0 unspecified atom stereocenters. The third-order valence-electron chi connectivity index (χ3n) is 2.86. The van der Waals surface area contributed by atoms with Crippen LogP contribution in [-0.4, -0.2) is 51.5 Å². The lowest BCUT2D eigenvalue weighted by Crippen LogP contribution is -2.33. The Balaban J connectivity index is 2.49. The number of carbonyl (C=O) groups is 1. The Labute approximate surface area is 137 Å². The largest absolute Gasteiger partial charge is 0.573 e. The second-order valence-electron chi connectivity index (χ2n) is 4.86. The summed E-state index contributed by atoms with van der Waals surface area (Å²) in [6.07, 6.45) is -3.47. The molecule has 1 aromatic carbocycles. The van der Waals surface area contributed by atoms with E-state index in [4.69, 9.17) is 0 Å². The number of ether oxygens (including phenoxy) is 1. The van der Waals surface area contributed by atoms with Gasteiger partial charge in [0.05, 0.1) is 11.9 Å². The van der Waals surface area contributed by atoms with Crippen molar-refractivity contribution in [3.05, 3.63) is 24.3 Å². The van der Waals surface area contributed by atoms with Crippen LogP contribution in [0.1, 0.15) is 6.42 Å². The van der Waals surface area contributed by atoms with E-state index in [1.165, 1.54) is 25.2 Å². The Morgan fingerprint density at radius 2 is 1.92 bits per heavy atom. The number of amides is 2. The lowest BCUT2D eigenvalue weighted by Gasteiger charge is -2.15. The highest BCUT2D eigenvalue weighted by molar-refractivity contribution is 7.88. The molecule has 2 N–H and O–H groups in total. The monoisotopic (exact) mass is 369 g/mol. The zero-order valence-corrected chi connectivity index (χ0v) is 13.9. The number of rotatable bonds is 7. The molecular formula is C13H18F3N3O4S. The maximum Gasteiger partial charge on any atom is 0.573 e. The summed E-state index contributed by atoms with van der Waals surface area (Å²) in [5, 5.41) is 4.66. The van der Waals surface area contributed by atoms with E-state index in [-0.39, 0.29) is 18.8 Å². The summed E-state index contributed by atoms with van der Waals surface area (Å²) < 4.78 is 64.1. The molecule has 0 atom stereocenters. The van der Waals surface area contributed by atoms with Gasteiger partial charge in [0.1, 0.15) is 0 Å². The number of urea groups is 1. The summed E-state index contributed by atoms with van der Waals surface area (Å²) in [7, 11) is -1.89. The fourth-order valence-electron chi connectivity index (χ4n) is 1.62. The summed E-state index contributed by atoms with van der Waals surface area (Å²) in [6, 6.07) is 4.39. The van der Waals surface area contributed by atoms with Gasteiger partial charge in [-0.3, -0.25) is 0 Å². The number of hydrogen-bond donors (Lipinski definition) is 2. The number of hydrogen-bond acceptors (Lipinski definition) is 4. The molecule has 0 aliphatic heterocycles. The maximum atomic E-state index is 12.3. The van der Waals surface area contributed by atoms with Crippen LogP contribution < -0.4 is 15.4 Å². The molecule has 0 saturated carbocycles. The number of sulfonamides is 1. The maximum absolute atomic E-state index is 12.3. The Morgan fingerprint density at radius 3 is 2.50 bits per heavy atom. The van der Waals surface area contributed by atoms with Gasteiger partial charge in [-0.15, -0.1) is 13.2 Å². The molecule has 0 fully saturated rings. The van der Waals surface area contributed by atoms with Crippen LogP contribution in [0.2, 0.25) is 0 Å². The number of benzene rings is 1. The quantitative estimate of drug-likeness (QED) is 0.720. The molecule has 1 rings (SSSR count). The SMILES string of the molecule is CN(CCCNC(=O)Nc1ccccc1OC(F)(F)F)S(C)(=O)=O. The minimum absolute atomic E-state index is 0.138. The highest BCUT2D eigenvalue weighted by Crippen LogP contribution is 2.29. The number of alkyl halides is 3. The molecule has 0 heterocycles. The van der Waals surface area contributed by atoms with Gasteiger partial charge in [0.25, 0.3) is 0 Å². The van der Waals surface area contributed by atoms with Gasteiger partial charge in [-0.2, -0.15) is 0 Å². The zero-order chi connectivity index (χ0) is 18.4. The Hall–Kier alpha value is -2.01. The van der Waals surface area contributed by atoms with Crippen molar-refractivity contribution >= 4 is 21.7 Å². The third-order valence-corrected chi connectivity index (χ3v) is 4.18. The summed E-state index contributed by atoms with van der Waals surface area (Å²) in [6.45, 7) is 0.348. The fraction of sp³-hybridized carbons (Fsp3) is 0.462. The second kappa shape index (κ2) is 8.20. The van der Waals surface area contributed by atoms with E-state index in [2.05, 4.69) is 15.4 Å². The van der Waals surface area contributed by atoms with Crippen molar-refractivity contribution in [3.8, 4) is 5.75 Å². The molecule has 0 aliphatic rings. The normalized spacial score (nSPS) is 12.1. The van der Waals surface area contributed by atoms with Crippen molar-refractivity contribution in [1.29, 1.82) is 0 Å². The smallest absolute Gasteiger partial charge is 0.404 e. The molecule has 0 bridgehead atoms. The second-order valence-corrected chi connectivity index (χ2v) is 6.95. The first kappa shape index (κ1) is 20.0. The first-order valence-electron chi connectivity index (χ1n) is 6.80. The van der Waals surface area contributed by atoms with E-state index < -0.39 is 28.2 Å². The van der Waals surface area contributed by atoms with Gasteiger partial charge in [-0.1, -0.05) is 12.1 Å². The molecule has 7 nitrogen and oxygen atoms in total. The van der Waals surface area contributed by atoms with E-state index in [1.807, 2.05) is 0 Å². The van der Waals surface area contributed by atoms with Crippen molar-refractivity contribution in [2.24, 2.45) is 0 Å². The van der Waals surface area contributed by atoms with E-state index in [1.54, 1.807) is 0 Å². The minimum atomic E-state index is -4.87. The van der Waals surface area contributed by atoms with Crippen molar-refractivity contribution in [2.75, 3.05) is 31.7 Å². The number of nitrogens with one attached hydrogen (secondary N) is 2. The molecule has 0 spiro atoms. The van der Waals surface area contributed by atoms with Gasteiger partial charge in [0, 0.05) is 20.1 Å². The molecule has 136 valence electrons. The highest BCUT2D eigenvalue weighted by atomic mass is 32.2. The molecule has 0 aromatic heterocycles. The van der Waals surface area contributed by atoms with Crippen LogP contribution >= 0.6 is 0 Å². The first-order chi connectivity index (χ1) is 11.0. The lowest BCUT2D eigenvalue weighted by atomic mass is 10.3. The number of halogens is 3. The van der Waals surface area contributed by atoms with Crippen LogP contribution in [0.4, 0.5) is 23.7 Å². The molecule has 24 heavy (non-hydrogen) atoms. The summed E-state index contributed by atoms with van der Waals surface area (Å²) >= 11 is 0. The third kappa shape index (κ3) is 7.51. The van der Waals surface area contributed by atoms with Crippen LogP contribution in [0.15, 0.2) is 24.3 Å². The van der Waals surface area contributed by atoms with Crippen molar-refractivity contribution in [1.82, 2.24) is 9.62 Å². The van der Waals surface area contributed by atoms with Crippen molar-refractivity contribution < 1.29 is 31.1 Å². The standard InChI is InChI=1S/C13H18F3N3O4S/c1-19(24(2,21)22)9-5-8-17-12(20)18-10-6-3-4-7-11(10)23-13(14,15)16/h3-4,6-7H,5,8-9H2,1-2H3,(H2,17,18,20). The lowest BCUT2D eigenvalue weighted by molar-refractivity contribution is -0.274. The molecule has 11 heteroatoms. The van der Waals surface area contributed by atoms with Crippen LogP contribution in [0.5, 0.6) is 5.75 Å². The molecule has 0 radical (unpaired) electrons. The van der Waals surface area contributed by atoms with Gasteiger partial charge >= 0.3 is 12.4 Å². The van der Waals surface area contributed by atoms with Crippen LogP contribution in [-0.2, 0) is 10.0 Å². The van der Waals surface area contributed by atoms with Crippen molar-refractivity contribution in [2.45, 2.75) is 12.8 Å². The Bertz CT molecular complexity index is 665. The Morgan fingerprint density at radius 1 is 1.29 bits per heavy atom. The average Bonchev–Trinajstić information content (AvgIpc) is 2.43. The fourth-order valence-corrected chi connectivity index (χ4v) is 2.08. The highest BCUT2D eigenvalue weighted by Gasteiger charge is 2.32. The van der Waals surface area contributed by atoms with E-state index >= 15 is 0 Å². The van der Waals surface area contributed by atoms with Crippen LogP contribution in [0.25, 0.3) is 0 Å². The molecule has 2 amide bonds. The molecule has 1 aromatic rings. The predicted molar refractivity (Wildman–Crippen MR) is 82.2 cm³/mol. The van der Waals surface area contributed by atoms with Gasteiger partial charge in [0.15, 0.2) is 5.75 Å². The van der Waals surface area contributed by atoms with E-state index in [0.717, 1.165) is 16.6 Å². The topological polar surface area (TPSA) is 87.7 Å². The van der Waals surface area contributed by atoms with Crippen LogP contribution in [0.3, 0.4) is 0 Å². The molecule has 0 aliphatic carbocycles. The van der Waals surface area contributed by atoms with Crippen molar-refractivity contribution in [3.63, 3.8) is 0 Å². The minimum Gasteiger partial charge on any atom is -0.404 e. The summed E-state index contributed by atoms with van der Waals surface area (Å²) in [5.41, 5.74) is -0.138. The van der Waals surface area contributed by atoms with Gasteiger partial charge in [0.2, 0.25) is 10.0 Å². The number of anilines is 1. The first-order valence-corrected chi connectivity index (χ1v) is 8.65. The van der Waals surface area contributed by atoms with Gasteiger partial charge in [-0.25, -0.2) is 17.5 Å². The number of nitrogens with zero attached hydrogens (tertiary/aromatic N) is 1. The van der Waals surface area contributed by atoms with Crippen LogP contribution in [0, 0.1) is 0 Å². The zero-order valence-electron chi connectivity index (χ0n) is 13.1. The molecule has 0 saturated heterocycles.